The Morgan fingerprint density at radius 1 is 1.10 bits per heavy atom. The second-order valence-electron chi connectivity index (χ2n) is 6.70. The van der Waals surface area contributed by atoms with Crippen LogP contribution >= 0.6 is 0 Å². The van der Waals surface area contributed by atoms with E-state index in [1.165, 1.54) is 6.07 Å². The van der Waals surface area contributed by atoms with Crippen LogP contribution in [0.2, 0.25) is 0 Å². The molecule has 1 saturated heterocycles. The third-order valence-corrected chi connectivity index (χ3v) is 5.08. The molecule has 1 atom stereocenters. The third kappa shape index (κ3) is 2.44. The van der Waals surface area contributed by atoms with E-state index >= 15 is 0 Å². The Bertz CT molecular complexity index is 1200. The van der Waals surface area contributed by atoms with Crippen LogP contribution in [0.3, 0.4) is 0 Å². The van der Waals surface area contributed by atoms with Crippen molar-refractivity contribution < 1.29 is 9.13 Å². The number of fused-ring (bicyclic) bond motifs is 6. The number of nitrogens with zero attached hydrogens (tertiary/aromatic N) is 9. The summed E-state index contributed by atoms with van der Waals surface area (Å²) in [5.41, 5.74) is 1.34. The number of aromatic nitrogens is 8. The van der Waals surface area contributed by atoms with Gasteiger partial charge in [-0.05, 0) is 12.1 Å². The molecule has 2 aliphatic rings. The van der Waals surface area contributed by atoms with Crippen molar-refractivity contribution in [3.05, 3.63) is 54.9 Å². The summed E-state index contributed by atoms with van der Waals surface area (Å²) < 4.78 is 22.5. The zero-order valence-electron chi connectivity index (χ0n) is 15.1. The largest absolute Gasteiger partial charge is 0.377 e. The highest BCUT2D eigenvalue weighted by Crippen LogP contribution is 2.37. The minimum atomic E-state index is -0.403. The van der Waals surface area contributed by atoms with Crippen LogP contribution in [0.25, 0.3) is 23.2 Å². The fourth-order valence-corrected chi connectivity index (χ4v) is 3.75. The number of hydrogen-bond acceptors (Lipinski definition) is 8. The van der Waals surface area contributed by atoms with E-state index in [-0.39, 0.29) is 6.04 Å². The lowest BCUT2D eigenvalue weighted by atomic mass is 10.1. The van der Waals surface area contributed by atoms with E-state index in [9.17, 15) is 4.39 Å². The molecule has 6 heterocycles. The summed E-state index contributed by atoms with van der Waals surface area (Å²) in [6.07, 6.45) is 7.96. The summed E-state index contributed by atoms with van der Waals surface area (Å²) in [4.78, 5) is 20.0. The summed E-state index contributed by atoms with van der Waals surface area (Å²) in [5, 5.41) is 8.30. The van der Waals surface area contributed by atoms with E-state index in [4.69, 9.17) is 9.72 Å². The highest BCUT2D eigenvalue weighted by molar-refractivity contribution is 5.63. The number of ether oxygens (including phenoxy) is 1. The van der Waals surface area contributed by atoms with Crippen molar-refractivity contribution in [2.45, 2.75) is 6.04 Å². The van der Waals surface area contributed by atoms with Gasteiger partial charge in [0, 0.05) is 18.9 Å². The standard InChI is InChI=1S/C18H14FN9O/c19-11-1-2-12(21-7-11)15-20-3-4-27(15)18-22-8-13-16(24-18)26-5-6-29-9-14(26)17-25-23-10-28(13)17/h1-4,7-8,10,14H,5-6,9H2. The molecule has 1 unspecified atom stereocenters. The second-order valence-corrected chi connectivity index (χ2v) is 6.70. The lowest BCUT2D eigenvalue weighted by Gasteiger charge is -2.39. The molecule has 4 aromatic heterocycles. The van der Waals surface area contributed by atoms with Gasteiger partial charge in [0.05, 0.1) is 25.6 Å². The van der Waals surface area contributed by atoms with E-state index < -0.39 is 5.82 Å². The Labute approximate surface area is 163 Å². The molecule has 0 N–H and O–H groups in total. The van der Waals surface area contributed by atoms with E-state index in [0.717, 1.165) is 23.5 Å². The maximum absolute atomic E-state index is 13.3. The van der Waals surface area contributed by atoms with Crippen molar-refractivity contribution in [2.75, 3.05) is 24.7 Å². The van der Waals surface area contributed by atoms with Crippen LogP contribution in [0.4, 0.5) is 10.2 Å². The molecule has 0 aliphatic carbocycles. The Kier molecular flexibility index (Phi) is 3.44. The van der Waals surface area contributed by atoms with Crippen LogP contribution in [-0.4, -0.2) is 59.0 Å². The zero-order chi connectivity index (χ0) is 19.4. The van der Waals surface area contributed by atoms with Gasteiger partial charge in [0.25, 0.3) is 0 Å². The van der Waals surface area contributed by atoms with Crippen LogP contribution < -0.4 is 4.90 Å². The van der Waals surface area contributed by atoms with Crippen molar-refractivity contribution in [3.63, 3.8) is 0 Å². The van der Waals surface area contributed by atoms with Crippen LogP contribution in [0.1, 0.15) is 11.9 Å². The average molecular weight is 391 g/mol. The number of rotatable bonds is 2. The number of hydrogen-bond donors (Lipinski definition) is 0. The fourth-order valence-electron chi connectivity index (χ4n) is 3.75. The first-order valence-corrected chi connectivity index (χ1v) is 9.07. The first-order chi connectivity index (χ1) is 14.3. The maximum atomic E-state index is 13.3. The van der Waals surface area contributed by atoms with Gasteiger partial charge in [0.15, 0.2) is 17.5 Å². The predicted octanol–water partition coefficient (Wildman–Crippen LogP) is 1.34. The first-order valence-electron chi connectivity index (χ1n) is 9.07. The number of morpholine rings is 1. The maximum Gasteiger partial charge on any atom is 0.237 e. The molecule has 11 heteroatoms. The quantitative estimate of drug-likeness (QED) is 0.505. The molecule has 144 valence electrons. The van der Waals surface area contributed by atoms with Gasteiger partial charge in [0.2, 0.25) is 5.95 Å². The SMILES string of the molecule is Fc1ccc(-c2nccn2-c2ncc3c(n2)N2CCOCC2c2nncn2-3)nc1. The molecular weight excluding hydrogens is 377 g/mol. The summed E-state index contributed by atoms with van der Waals surface area (Å²) >= 11 is 0. The summed E-state index contributed by atoms with van der Waals surface area (Å²) in [6.45, 7) is 1.82. The normalized spacial score (nSPS) is 17.6. The lowest BCUT2D eigenvalue weighted by Crippen LogP contribution is -2.44. The minimum Gasteiger partial charge on any atom is -0.377 e. The molecule has 10 nitrogen and oxygen atoms in total. The summed E-state index contributed by atoms with van der Waals surface area (Å²) in [6, 6.07) is 2.87. The van der Waals surface area contributed by atoms with Crippen molar-refractivity contribution >= 4 is 5.82 Å². The molecule has 0 saturated carbocycles. The van der Waals surface area contributed by atoms with Gasteiger partial charge in [-0.1, -0.05) is 0 Å². The smallest absolute Gasteiger partial charge is 0.237 e. The Hall–Kier alpha value is -3.73. The van der Waals surface area contributed by atoms with E-state index in [1.807, 2.05) is 4.57 Å². The number of halogens is 1. The van der Waals surface area contributed by atoms with Crippen LogP contribution in [-0.2, 0) is 4.74 Å². The highest BCUT2D eigenvalue weighted by Gasteiger charge is 2.36. The molecule has 1 fully saturated rings. The van der Waals surface area contributed by atoms with Gasteiger partial charge in [-0.2, -0.15) is 4.98 Å². The zero-order valence-corrected chi connectivity index (χ0v) is 15.1. The molecule has 0 spiro atoms. The monoisotopic (exact) mass is 391 g/mol. The number of imidazole rings is 1. The van der Waals surface area contributed by atoms with Gasteiger partial charge >= 0.3 is 0 Å². The van der Waals surface area contributed by atoms with Gasteiger partial charge < -0.3 is 9.64 Å². The van der Waals surface area contributed by atoms with Crippen molar-refractivity contribution in [3.8, 4) is 23.2 Å². The molecule has 4 aromatic rings. The molecule has 0 aromatic carbocycles. The molecular formula is C18H14FN9O. The Morgan fingerprint density at radius 3 is 2.97 bits per heavy atom. The van der Waals surface area contributed by atoms with Crippen molar-refractivity contribution in [1.29, 1.82) is 0 Å². The van der Waals surface area contributed by atoms with Crippen molar-refractivity contribution in [2.24, 2.45) is 0 Å². The minimum absolute atomic E-state index is 0.0532. The van der Waals surface area contributed by atoms with Crippen LogP contribution in [0, 0.1) is 5.82 Å². The Balaban J connectivity index is 1.49. The summed E-state index contributed by atoms with van der Waals surface area (Å²) in [7, 11) is 0. The molecule has 0 amide bonds. The van der Waals surface area contributed by atoms with Crippen LogP contribution in [0.15, 0.2) is 43.2 Å². The topological polar surface area (TPSA) is 99.7 Å². The van der Waals surface area contributed by atoms with E-state index in [2.05, 4.69) is 30.0 Å². The number of pyridine rings is 1. The molecule has 2 aliphatic heterocycles. The molecule has 0 bridgehead atoms. The second kappa shape index (κ2) is 6.14. The first kappa shape index (κ1) is 16.2. The average Bonchev–Trinajstić information content (AvgIpc) is 3.44. The Morgan fingerprint density at radius 2 is 2.07 bits per heavy atom. The molecule has 0 radical (unpaired) electrons. The van der Waals surface area contributed by atoms with Crippen molar-refractivity contribution in [1.82, 2.24) is 39.3 Å². The number of anilines is 1. The van der Waals surface area contributed by atoms with Gasteiger partial charge in [-0.25, -0.2) is 19.3 Å². The van der Waals surface area contributed by atoms with Gasteiger partial charge in [-0.3, -0.25) is 9.13 Å². The molecule has 6 rings (SSSR count). The highest BCUT2D eigenvalue weighted by atomic mass is 19.1. The predicted molar refractivity (Wildman–Crippen MR) is 98.2 cm³/mol. The fraction of sp³-hybridized carbons (Fsp3) is 0.222. The van der Waals surface area contributed by atoms with Gasteiger partial charge in [0.1, 0.15) is 29.6 Å². The lowest BCUT2D eigenvalue weighted by molar-refractivity contribution is 0.0894. The van der Waals surface area contributed by atoms with E-state index in [0.29, 0.717) is 37.2 Å². The molecule has 29 heavy (non-hydrogen) atoms. The van der Waals surface area contributed by atoms with Gasteiger partial charge in [-0.15, -0.1) is 10.2 Å². The van der Waals surface area contributed by atoms with Crippen LogP contribution in [0.5, 0.6) is 0 Å². The third-order valence-electron chi connectivity index (χ3n) is 5.08. The summed E-state index contributed by atoms with van der Waals surface area (Å²) in [5.74, 6) is 2.17. The van der Waals surface area contributed by atoms with E-state index in [1.54, 1.807) is 35.6 Å².